The smallest absolute Gasteiger partial charge is 0.165 e. The number of phenolic OH excluding ortho intramolecular Hbond substituents is 1. The summed E-state index contributed by atoms with van der Waals surface area (Å²) in [6, 6.07) is 5.13. The number of aromatic hydroxyl groups is 1. The molecule has 0 radical (unpaired) electrons. The Labute approximate surface area is 170 Å². The van der Waals surface area contributed by atoms with Crippen molar-refractivity contribution in [3.05, 3.63) is 52.3 Å². The van der Waals surface area contributed by atoms with E-state index in [-0.39, 0.29) is 17.5 Å². The molecule has 28 heavy (non-hydrogen) atoms. The zero-order valence-electron chi connectivity index (χ0n) is 16.0. The summed E-state index contributed by atoms with van der Waals surface area (Å²) in [4.78, 5) is 17.1. The van der Waals surface area contributed by atoms with Crippen molar-refractivity contribution in [1.82, 2.24) is 4.98 Å². The lowest BCUT2D eigenvalue weighted by molar-refractivity contribution is 0.0972. The molecular formula is C23H26ClNO3. The van der Waals surface area contributed by atoms with Gasteiger partial charge in [-0.3, -0.25) is 9.78 Å². The standard InChI is InChI=1S/C23H26ClNO3/c24-20-8-9-21(26)23-16(6-7-19(20)23)11-22(27)17-10-18(13-25-12-17)28-14-15-4-2-1-3-5-15/h8-10,12-13,15-16,26H,1-7,11,14H2. The average molecular weight is 400 g/mol. The van der Waals surface area contributed by atoms with E-state index < -0.39 is 0 Å². The molecule has 1 atom stereocenters. The molecule has 1 unspecified atom stereocenters. The minimum absolute atomic E-state index is 0.00647. The predicted molar refractivity (Wildman–Crippen MR) is 109 cm³/mol. The van der Waals surface area contributed by atoms with E-state index in [2.05, 4.69) is 4.98 Å². The number of nitrogens with zero attached hydrogens (tertiary/aromatic N) is 1. The Hall–Kier alpha value is -2.07. The van der Waals surface area contributed by atoms with Crippen molar-refractivity contribution in [1.29, 1.82) is 0 Å². The largest absolute Gasteiger partial charge is 0.508 e. The number of fused-ring (bicyclic) bond motifs is 1. The molecule has 4 rings (SSSR count). The Kier molecular flexibility index (Phi) is 5.86. The zero-order chi connectivity index (χ0) is 19.5. The highest BCUT2D eigenvalue weighted by molar-refractivity contribution is 6.31. The molecule has 1 aromatic carbocycles. The Morgan fingerprint density at radius 3 is 2.82 bits per heavy atom. The first-order chi connectivity index (χ1) is 13.6. The number of ketones is 1. The highest BCUT2D eigenvalue weighted by Gasteiger charge is 2.29. The van der Waals surface area contributed by atoms with Crippen LogP contribution in [0.25, 0.3) is 0 Å². The normalized spacial score (nSPS) is 19.4. The Balaban J connectivity index is 1.41. The summed E-state index contributed by atoms with van der Waals surface area (Å²) in [6.45, 7) is 0.696. The number of aromatic nitrogens is 1. The van der Waals surface area contributed by atoms with Crippen LogP contribution in [0.2, 0.25) is 5.02 Å². The number of carbonyl (C=O) groups excluding carboxylic acids is 1. The number of Topliss-reactive ketones (excluding diaryl/α,β-unsaturated/α-hetero) is 1. The molecule has 2 aliphatic rings. The maximum atomic E-state index is 12.9. The van der Waals surface area contributed by atoms with Gasteiger partial charge in [-0.05, 0) is 61.3 Å². The van der Waals surface area contributed by atoms with Crippen LogP contribution < -0.4 is 4.74 Å². The molecule has 0 saturated heterocycles. The second kappa shape index (κ2) is 8.52. The van der Waals surface area contributed by atoms with Gasteiger partial charge in [-0.1, -0.05) is 30.9 Å². The summed E-state index contributed by atoms with van der Waals surface area (Å²) >= 11 is 6.26. The van der Waals surface area contributed by atoms with E-state index in [0.717, 1.165) is 24.0 Å². The van der Waals surface area contributed by atoms with Crippen LogP contribution in [0.5, 0.6) is 11.5 Å². The molecule has 1 N–H and O–H groups in total. The molecule has 5 heteroatoms. The van der Waals surface area contributed by atoms with Crippen molar-refractivity contribution in [2.24, 2.45) is 5.92 Å². The maximum absolute atomic E-state index is 12.9. The second-order valence-corrected chi connectivity index (χ2v) is 8.45. The first kappa shape index (κ1) is 19.3. The summed E-state index contributed by atoms with van der Waals surface area (Å²) in [7, 11) is 0. The third-order valence-corrected chi connectivity index (χ3v) is 6.46. The van der Waals surface area contributed by atoms with E-state index in [9.17, 15) is 9.90 Å². The molecule has 0 aliphatic heterocycles. The molecule has 1 aromatic heterocycles. The van der Waals surface area contributed by atoms with E-state index >= 15 is 0 Å². The van der Waals surface area contributed by atoms with Gasteiger partial charge in [-0.2, -0.15) is 0 Å². The molecule has 1 fully saturated rings. The Morgan fingerprint density at radius 2 is 2.00 bits per heavy atom. The second-order valence-electron chi connectivity index (χ2n) is 8.05. The van der Waals surface area contributed by atoms with Crippen molar-refractivity contribution in [3.63, 3.8) is 0 Å². The molecule has 1 saturated carbocycles. The van der Waals surface area contributed by atoms with Gasteiger partial charge in [0.15, 0.2) is 5.78 Å². The SMILES string of the molecule is O=C(CC1CCc2c(Cl)ccc(O)c21)c1cncc(OCC2CCCCC2)c1. The Morgan fingerprint density at radius 1 is 1.18 bits per heavy atom. The topological polar surface area (TPSA) is 59.4 Å². The molecular weight excluding hydrogens is 374 g/mol. The van der Waals surface area contributed by atoms with Crippen LogP contribution in [0.1, 0.15) is 72.3 Å². The average Bonchev–Trinajstić information content (AvgIpc) is 3.15. The monoisotopic (exact) mass is 399 g/mol. The minimum atomic E-state index is -0.00647. The lowest BCUT2D eigenvalue weighted by atomic mass is 9.90. The number of halogens is 1. The lowest BCUT2D eigenvalue weighted by Gasteiger charge is -2.21. The van der Waals surface area contributed by atoms with Crippen LogP contribution >= 0.6 is 11.6 Å². The number of benzene rings is 1. The van der Waals surface area contributed by atoms with Crippen LogP contribution in [0, 0.1) is 5.92 Å². The summed E-state index contributed by atoms with van der Waals surface area (Å²) in [5.41, 5.74) is 2.37. The first-order valence-electron chi connectivity index (χ1n) is 10.2. The zero-order valence-corrected chi connectivity index (χ0v) is 16.8. The van der Waals surface area contributed by atoms with Crippen LogP contribution in [0.3, 0.4) is 0 Å². The third kappa shape index (κ3) is 4.17. The summed E-state index contributed by atoms with van der Waals surface area (Å²) in [6.07, 6.45) is 11.6. The summed E-state index contributed by atoms with van der Waals surface area (Å²) in [5.74, 6) is 1.52. The molecule has 1 heterocycles. The van der Waals surface area contributed by atoms with Gasteiger partial charge in [0.2, 0.25) is 0 Å². The summed E-state index contributed by atoms with van der Waals surface area (Å²) < 4.78 is 5.93. The Bertz CT molecular complexity index is 861. The first-order valence-corrected chi connectivity index (χ1v) is 10.6. The highest BCUT2D eigenvalue weighted by Crippen LogP contribution is 2.44. The van der Waals surface area contributed by atoms with Gasteiger partial charge < -0.3 is 9.84 Å². The third-order valence-electron chi connectivity index (χ3n) is 6.11. The van der Waals surface area contributed by atoms with Gasteiger partial charge >= 0.3 is 0 Å². The maximum Gasteiger partial charge on any atom is 0.165 e. The number of phenols is 1. The molecule has 2 aromatic rings. The van der Waals surface area contributed by atoms with E-state index in [1.807, 2.05) is 0 Å². The minimum Gasteiger partial charge on any atom is -0.508 e. The van der Waals surface area contributed by atoms with E-state index in [1.165, 1.54) is 32.1 Å². The molecule has 148 valence electrons. The molecule has 4 nitrogen and oxygen atoms in total. The predicted octanol–water partition coefficient (Wildman–Crippen LogP) is 5.70. The van der Waals surface area contributed by atoms with E-state index in [1.54, 1.807) is 30.6 Å². The van der Waals surface area contributed by atoms with E-state index in [4.69, 9.17) is 16.3 Å². The van der Waals surface area contributed by atoms with Crippen LogP contribution in [-0.2, 0) is 6.42 Å². The molecule has 0 spiro atoms. The van der Waals surface area contributed by atoms with Crippen molar-refractivity contribution in [3.8, 4) is 11.5 Å². The fourth-order valence-electron chi connectivity index (χ4n) is 4.56. The number of carbonyl (C=O) groups is 1. The number of hydrogen-bond donors (Lipinski definition) is 1. The highest BCUT2D eigenvalue weighted by atomic mass is 35.5. The van der Waals surface area contributed by atoms with Gasteiger partial charge in [0.1, 0.15) is 11.5 Å². The van der Waals surface area contributed by atoms with Crippen molar-refractivity contribution >= 4 is 17.4 Å². The fourth-order valence-corrected chi connectivity index (χ4v) is 4.82. The van der Waals surface area contributed by atoms with E-state index in [0.29, 0.717) is 35.3 Å². The number of pyridine rings is 1. The number of hydrogen-bond acceptors (Lipinski definition) is 4. The quantitative estimate of drug-likeness (QED) is 0.632. The molecule has 0 amide bonds. The van der Waals surface area contributed by atoms with Gasteiger partial charge in [0, 0.05) is 28.8 Å². The molecule has 2 aliphatic carbocycles. The number of ether oxygens (including phenoxy) is 1. The van der Waals surface area contributed by atoms with Gasteiger partial charge in [-0.15, -0.1) is 0 Å². The number of rotatable bonds is 6. The van der Waals surface area contributed by atoms with Crippen molar-refractivity contribution in [2.45, 2.75) is 57.3 Å². The lowest BCUT2D eigenvalue weighted by Crippen LogP contribution is -2.15. The fraction of sp³-hybridized carbons (Fsp3) is 0.478. The van der Waals surface area contributed by atoms with Crippen LogP contribution in [0.4, 0.5) is 0 Å². The van der Waals surface area contributed by atoms with Gasteiger partial charge in [-0.25, -0.2) is 0 Å². The van der Waals surface area contributed by atoms with Crippen LogP contribution in [-0.4, -0.2) is 22.5 Å². The molecule has 0 bridgehead atoms. The van der Waals surface area contributed by atoms with Gasteiger partial charge in [0.05, 0.1) is 12.8 Å². The van der Waals surface area contributed by atoms with Crippen molar-refractivity contribution < 1.29 is 14.6 Å². The summed E-state index contributed by atoms with van der Waals surface area (Å²) in [5, 5.41) is 10.9. The van der Waals surface area contributed by atoms with Crippen LogP contribution in [0.15, 0.2) is 30.6 Å². The van der Waals surface area contributed by atoms with Gasteiger partial charge in [0.25, 0.3) is 0 Å². The van der Waals surface area contributed by atoms with Crippen molar-refractivity contribution in [2.75, 3.05) is 6.61 Å².